The zero-order valence-corrected chi connectivity index (χ0v) is 16.7. The molecule has 28 heavy (non-hydrogen) atoms. The van der Waals surface area contributed by atoms with Crippen molar-refractivity contribution >= 4 is 27.7 Å². The van der Waals surface area contributed by atoms with Crippen molar-refractivity contribution in [3.05, 3.63) is 82.9 Å². The van der Waals surface area contributed by atoms with Crippen molar-refractivity contribution in [2.45, 2.75) is 39.7 Å². The molecule has 0 aliphatic carbocycles. The van der Waals surface area contributed by atoms with Crippen molar-refractivity contribution in [1.29, 1.82) is 0 Å². The van der Waals surface area contributed by atoms with Crippen molar-refractivity contribution in [2.75, 3.05) is 0 Å². The number of nitrogens with two attached hydrogens (primary N) is 1. The fourth-order valence-corrected chi connectivity index (χ4v) is 4.03. The maximum atomic E-state index is 12.1. The van der Waals surface area contributed by atoms with Gasteiger partial charge in [-0.25, -0.2) is 0 Å². The summed E-state index contributed by atoms with van der Waals surface area (Å²) in [5.74, 6) is 0.0560. The molecule has 3 aromatic carbocycles. The molecule has 3 nitrogen and oxygen atoms in total. The summed E-state index contributed by atoms with van der Waals surface area (Å²) >= 11 is 0. The number of aromatic nitrogens is 1. The number of carbonyl (C=O) groups excluding carboxylic acids is 1. The third-order valence-electron chi connectivity index (χ3n) is 5.59. The van der Waals surface area contributed by atoms with E-state index in [-0.39, 0.29) is 5.91 Å². The second-order valence-corrected chi connectivity index (χ2v) is 7.75. The minimum absolute atomic E-state index is 0.384. The van der Waals surface area contributed by atoms with Gasteiger partial charge in [0.1, 0.15) is 0 Å². The van der Waals surface area contributed by atoms with Gasteiger partial charge in [0.05, 0.1) is 5.52 Å². The summed E-state index contributed by atoms with van der Waals surface area (Å²) in [4.78, 5) is 12.1. The molecule has 0 atom stereocenters. The number of carbonyl (C=O) groups is 1. The summed E-state index contributed by atoms with van der Waals surface area (Å²) in [7, 11) is 0. The lowest BCUT2D eigenvalue weighted by Gasteiger charge is -2.11. The van der Waals surface area contributed by atoms with Crippen molar-refractivity contribution in [3.63, 3.8) is 0 Å². The van der Waals surface area contributed by atoms with E-state index in [9.17, 15) is 4.79 Å². The summed E-state index contributed by atoms with van der Waals surface area (Å²) < 4.78 is 2.32. The highest BCUT2D eigenvalue weighted by molar-refractivity contribution is 6.18. The number of benzene rings is 3. The Morgan fingerprint density at radius 1 is 0.964 bits per heavy atom. The first-order chi connectivity index (χ1) is 13.5. The van der Waals surface area contributed by atoms with Crippen LogP contribution < -0.4 is 5.73 Å². The Morgan fingerprint density at radius 3 is 2.43 bits per heavy atom. The second kappa shape index (κ2) is 7.16. The van der Waals surface area contributed by atoms with E-state index in [1.807, 2.05) is 12.1 Å². The monoisotopic (exact) mass is 370 g/mol. The predicted octanol–water partition coefficient (Wildman–Crippen LogP) is 5.63. The molecule has 0 saturated carbocycles. The molecule has 0 aliphatic heterocycles. The van der Waals surface area contributed by atoms with Gasteiger partial charge in [0.25, 0.3) is 0 Å². The lowest BCUT2D eigenvalue weighted by atomic mass is 10.00. The van der Waals surface area contributed by atoms with Crippen LogP contribution in [0.2, 0.25) is 0 Å². The quantitative estimate of drug-likeness (QED) is 0.486. The van der Waals surface area contributed by atoms with Crippen LogP contribution >= 0.6 is 0 Å². The van der Waals surface area contributed by atoms with Gasteiger partial charge in [-0.1, -0.05) is 63.2 Å². The Balaban J connectivity index is 2.02. The Morgan fingerprint density at radius 2 is 1.71 bits per heavy atom. The molecule has 1 heterocycles. The van der Waals surface area contributed by atoms with Crippen molar-refractivity contribution in [1.82, 2.24) is 4.57 Å². The highest BCUT2D eigenvalue weighted by Crippen LogP contribution is 2.34. The molecular weight excluding hydrogens is 344 g/mol. The van der Waals surface area contributed by atoms with Gasteiger partial charge in [0.15, 0.2) is 0 Å². The Labute approximate surface area is 165 Å². The Kier molecular flexibility index (Phi) is 4.68. The smallest absolute Gasteiger partial charge is 0.249 e. The molecule has 0 aliphatic rings. The van der Waals surface area contributed by atoms with Gasteiger partial charge in [0, 0.05) is 28.4 Å². The van der Waals surface area contributed by atoms with Crippen molar-refractivity contribution < 1.29 is 4.79 Å². The zero-order chi connectivity index (χ0) is 19.8. The standard InChI is InChI=1S/C25H26N2O/c1-4-17-7-5-8-18(13-17)15-27-22-10-6-9-21(25(26)28)24(22)20-12-11-19(16(2)3)14-23(20)27/h5-14,16H,4,15H2,1-3H3,(H2,26,28). The molecule has 2 N–H and O–H groups in total. The molecule has 142 valence electrons. The van der Waals surface area contributed by atoms with Crippen LogP contribution in [0.1, 0.15) is 53.7 Å². The average Bonchev–Trinajstić information content (AvgIpc) is 3.01. The average molecular weight is 370 g/mol. The number of amides is 1. The number of primary amides is 1. The van der Waals surface area contributed by atoms with Gasteiger partial charge < -0.3 is 10.3 Å². The van der Waals surface area contributed by atoms with Crippen LogP contribution in [-0.4, -0.2) is 10.5 Å². The maximum absolute atomic E-state index is 12.1. The third-order valence-corrected chi connectivity index (χ3v) is 5.59. The number of fused-ring (bicyclic) bond motifs is 3. The van der Waals surface area contributed by atoms with Gasteiger partial charge in [0.2, 0.25) is 5.91 Å². The fourth-order valence-electron chi connectivity index (χ4n) is 4.03. The topological polar surface area (TPSA) is 48.0 Å². The van der Waals surface area contributed by atoms with Crippen LogP contribution in [-0.2, 0) is 13.0 Å². The number of hydrogen-bond donors (Lipinski definition) is 1. The van der Waals surface area contributed by atoms with E-state index in [1.165, 1.54) is 16.7 Å². The van der Waals surface area contributed by atoms with E-state index >= 15 is 0 Å². The minimum Gasteiger partial charge on any atom is -0.366 e. The molecule has 1 aromatic heterocycles. The van der Waals surface area contributed by atoms with Crippen LogP contribution in [0.15, 0.2) is 60.7 Å². The first-order valence-corrected chi connectivity index (χ1v) is 9.92. The molecule has 4 rings (SSSR count). The Hall–Kier alpha value is -3.07. The number of aryl methyl sites for hydroxylation is 1. The van der Waals surface area contributed by atoms with Crippen LogP contribution in [0.3, 0.4) is 0 Å². The van der Waals surface area contributed by atoms with E-state index < -0.39 is 0 Å². The summed E-state index contributed by atoms with van der Waals surface area (Å²) in [6, 6.07) is 21.1. The molecule has 0 unspecified atom stereocenters. The molecular formula is C25H26N2O. The minimum atomic E-state index is -0.384. The van der Waals surface area contributed by atoms with Crippen LogP contribution in [0.4, 0.5) is 0 Å². The fraction of sp³-hybridized carbons (Fsp3) is 0.240. The van der Waals surface area contributed by atoms with Crippen LogP contribution in [0.5, 0.6) is 0 Å². The van der Waals surface area contributed by atoms with Gasteiger partial charge in [-0.15, -0.1) is 0 Å². The van der Waals surface area contributed by atoms with Gasteiger partial charge in [-0.05, 0) is 47.2 Å². The maximum Gasteiger partial charge on any atom is 0.249 e. The lowest BCUT2D eigenvalue weighted by Crippen LogP contribution is -2.11. The summed E-state index contributed by atoms with van der Waals surface area (Å²) in [6.07, 6.45) is 1.02. The summed E-state index contributed by atoms with van der Waals surface area (Å²) in [6.45, 7) is 7.34. The molecule has 4 aromatic rings. The molecule has 0 radical (unpaired) electrons. The van der Waals surface area contributed by atoms with Gasteiger partial charge >= 0.3 is 0 Å². The van der Waals surface area contributed by atoms with Gasteiger partial charge in [-0.3, -0.25) is 4.79 Å². The van der Waals surface area contributed by atoms with E-state index in [1.54, 1.807) is 0 Å². The SMILES string of the molecule is CCc1cccc(Cn2c3cc(C(C)C)ccc3c3c(C(N)=O)cccc32)c1. The number of hydrogen-bond acceptors (Lipinski definition) is 1. The van der Waals surface area contributed by atoms with Crippen LogP contribution in [0.25, 0.3) is 21.8 Å². The highest BCUT2D eigenvalue weighted by atomic mass is 16.1. The van der Waals surface area contributed by atoms with E-state index in [0.29, 0.717) is 11.5 Å². The van der Waals surface area contributed by atoms with Crippen LogP contribution in [0, 0.1) is 0 Å². The van der Waals surface area contributed by atoms with Crippen molar-refractivity contribution in [2.24, 2.45) is 5.73 Å². The lowest BCUT2D eigenvalue weighted by molar-refractivity contribution is 0.100. The predicted molar refractivity (Wildman–Crippen MR) is 117 cm³/mol. The zero-order valence-electron chi connectivity index (χ0n) is 16.7. The Bertz CT molecular complexity index is 1180. The molecule has 0 bridgehead atoms. The highest BCUT2D eigenvalue weighted by Gasteiger charge is 2.17. The molecule has 0 spiro atoms. The van der Waals surface area contributed by atoms with E-state index in [4.69, 9.17) is 5.73 Å². The first kappa shape index (κ1) is 18.3. The molecule has 1 amide bonds. The summed E-state index contributed by atoms with van der Waals surface area (Å²) in [5.41, 5.74) is 12.4. The third kappa shape index (κ3) is 3.07. The van der Waals surface area contributed by atoms with E-state index in [0.717, 1.165) is 34.8 Å². The number of nitrogens with zero attached hydrogens (tertiary/aromatic N) is 1. The summed E-state index contributed by atoms with van der Waals surface area (Å²) in [5, 5.41) is 2.03. The van der Waals surface area contributed by atoms with E-state index in [2.05, 4.69) is 73.9 Å². The molecule has 0 saturated heterocycles. The first-order valence-electron chi connectivity index (χ1n) is 9.92. The van der Waals surface area contributed by atoms with Crippen molar-refractivity contribution in [3.8, 4) is 0 Å². The number of rotatable bonds is 5. The second-order valence-electron chi connectivity index (χ2n) is 7.75. The molecule has 3 heteroatoms. The normalized spacial score (nSPS) is 11.6. The molecule has 0 fully saturated rings. The van der Waals surface area contributed by atoms with Gasteiger partial charge in [-0.2, -0.15) is 0 Å². The largest absolute Gasteiger partial charge is 0.366 e.